The van der Waals surface area contributed by atoms with Gasteiger partial charge in [-0.05, 0) is 31.9 Å². The summed E-state index contributed by atoms with van der Waals surface area (Å²) in [6, 6.07) is 8.58. The minimum absolute atomic E-state index is 0. The Bertz CT molecular complexity index is 702. The largest absolute Gasteiger partial charge is 1.00 e. The van der Waals surface area contributed by atoms with E-state index < -0.39 is 17.9 Å². The van der Waals surface area contributed by atoms with Crippen LogP contribution in [-0.4, -0.2) is 33.8 Å². The SMILES string of the molecule is CC([O-])=NC(CSc1cc(C)nc2ccccc12)C(=O)O.[Li+]. The van der Waals surface area contributed by atoms with Gasteiger partial charge >= 0.3 is 24.8 Å². The van der Waals surface area contributed by atoms with Crippen molar-refractivity contribution < 1.29 is 33.9 Å². The monoisotopic (exact) mass is 310 g/mol. The number of para-hydroxylation sites is 1. The van der Waals surface area contributed by atoms with Crippen molar-refractivity contribution in [3.05, 3.63) is 36.0 Å². The van der Waals surface area contributed by atoms with E-state index in [-0.39, 0.29) is 24.6 Å². The van der Waals surface area contributed by atoms with Crippen LogP contribution in [0.2, 0.25) is 0 Å². The molecule has 1 unspecified atom stereocenters. The van der Waals surface area contributed by atoms with Crippen molar-refractivity contribution >= 4 is 34.5 Å². The van der Waals surface area contributed by atoms with Gasteiger partial charge in [0.1, 0.15) is 0 Å². The summed E-state index contributed by atoms with van der Waals surface area (Å²) in [6.07, 6.45) is 0. The molecular formula is C15H15LiN2O3S. The van der Waals surface area contributed by atoms with Crippen LogP contribution in [0.1, 0.15) is 12.6 Å². The zero-order chi connectivity index (χ0) is 15.4. The second kappa shape index (κ2) is 8.23. The summed E-state index contributed by atoms with van der Waals surface area (Å²) in [5.41, 5.74) is 1.74. The van der Waals surface area contributed by atoms with Crippen molar-refractivity contribution in [1.82, 2.24) is 4.98 Å². The molecule has 0 amide bonds. The van der Waals surface area contributed by atoms with Gasteiger partial charge in [0.25, 0.3) is 0 Å². The standard InChI is InChI=1S/C15H16N2O3S.Li/c1-9-7-14(11-5-3-4-6-12(11)16-9)21-8-13(15(19)20)17-10(2)18;/h3-7,13H,8H2,1-2H3,(H,17,18)(H,19,20);/q;+1/p-1. The van der Waals surface area contributed by atoms with Gasteiger partial charge in [-0.1, -0.05) is 18.2 Å². The van der Waals surface area contributed by atoms with E-state index in [1.807, 2.05) is 37.3 Å². The van der Waals surface area contributed by atoms with Crippen LogP contribution < -0.4 is 24.0 Å². The second-order valence-electron chi connectivity index (χ2n) is 4.59. The van der Waals surface area contributed by atoms with E-state index >= 15 is 0 Å². The fraction of sp³-hybridized carbons (Fsp3) is 0.267. The van der Waals surface area contributed by atoms with E-state index in [2.05, 4.69) is 9.98 Å². The fourth-order valence-corrected chi connectivity index (χ4v) is 3.08. The van der Waals surface area contributed by atoms with Gasteiger partial charge in [-0.2, -0.15) is 0 Å². The van der Waals surface area contributed by atoms with E-state index in [0.717, 1.165) is 21.5 Å². The first-order valence-electron chi connectivity index (χ1n) is 6.41. The van der Waals surface area contributed by atoms with Gasteiger partial charge in [0, 0.05) is 21.7 Å². The average molecular weight is 310 g/mol. The van der Waals surface area contributed by atoms with Gasteiger partial charge in [0.15, 0.2) is 6.04 Å². The molecule has 5 nitrogen and oxygen atoms in total. The molecule has 1 heterocycles. The summed E-state index contributed by atoms with van der Waals surface area (Å²) in [5, 5.41) is 21.1. The Labute approximate surface area is 145 Å². The number of aliphatic imine (C=N–C) groups is 1. The van der Waals surface area contributed by atoms with Gasteiger partial charge in [0.05, 0.1) is 5.52 Å². The molecule has 7 heteroatoms. The molecule has 0 aliphatic rings. The van der Waals surface area contributed by atoms with Gasteiger partial charge < -0.3 is 10.2 Å². The van der Waals surface area contributed by atoms with Gasteiger partial charge in [0.2, 0.25) is 0 Å². The van der Waals surface area contributed by atoms with E-state index in [9.17, 15) is 9.90 Å². The van der Waals surface area contributed by atoms with Crippen molar-refractivity contribution in [2.45, 2.75) is 24.8 Å². The molecule has 0 saturated heterocycles. The molecule has 22 heavy (non-hydrogen) atoms. The van der Waals surface area contributed by atoms with Gasteiger partial charge in [-0.15, -0.1) is 11.8 Å². The first kappa shape index (κ1) is 18.6. The Balaban J connectivity index is 0.00000242. The molecule has 1 atom stereocenters. The topological polar surface area (TPSA) is 85.6 Å². The number of pyridine rings is 1. The van der Waals surface area contributed by atoms with Crippen molar-refractivity contribution in [1.29, 1.82) is 0 Å². The maximum Gasteiger partial charge on any atom is 1.00 e. The number of aliphatic carboxylic acids is 1. The molecule has 0 fully saturated rings. The molecule has 0 radical (unpaired) electrons. The Kier molecular flexibility index (Phi) is 6.94. The van der Waals surface area contributed by atoms with Crippen LogP contribution in [0.25, 0.3) is 10.9 Å². The number of carbonyl (C=O) groups is 1. The normalized spacial score (nSPS) is 12.7. The number of benzene rings is 1. The number of hydrogen-bond acceptors (Lipinski definition) is 5. The molecule has 110 valence electrons. The molecule has 0 aliphatic carbocycles. The third-order valence-corrected chi connectivity index (χ3v) is 3.96. The zero-order valence-corrected chi connectivity index (χ0v) is 13.6. The molecule has 2 rings (SSSR count). The van der Waals surface area contributed by atoms with Crippen LogP contribution >= 0.6 is 11.8 Å². The molecular weight excluding hydrogens is 295 g/mol. The minimum Gasteiger partial charge on any atom is -0.862 e. The summed E-state index contributed by atoms with van der Waals surface area (Å²) in [5.74, 6) is -1.35. The first-order valence-corrected chi connectivity index (χ1v) is 7.39. The molecule has 0 bridgehead atoms. The molecule has 1 aromatic heterocycles. The number of carboxylic acid groups (broad SMARTS) is 1. The second-order valence-corrected chi connectivity index (χ2v) is 5.65. The average Bonchev–Trinajstić information content (AvgIpc) is 2.42. The summed E-state index contributed by atoms with van der Waals surface area (Å²) >= 11 is 1.38. The van der Waals surface area contributed by atoms with E-state index in [1.54, 1.807) is 0 Å². The van der Waals surface area contributed by atoms with Crippen molar-refractivity contribution in [2.24, 2.45) is 4.99 Å². The summed E-state index contributed by atoms with van der Waals surface area (Å²) in [6.45, 7) is 3.15. The molecule has 0 aliphatic heterocycles. The van der Waals surface area contributed by atoms with E-state index in [0.29, 0.717) is 0 Å². The Morgan fingerprint density at radius 3 is 2.77 bits per heavy atom. The predicted molar refractivity (Wildman–Crippen MR) is 81.7 cm³/mol. The molecule has 0 saturated carbocycles. The third kappa shape index (κ3) is 4.77. The van der Waals surface area contributed by atoms with Crippen LogP contribution in [0.15, 0.2) is 40.2 Å². The van der Waals surface area contributed by atoms with Gasteiger partial charge in [-0.25, -0.2) is 4.79 Å². The number of aryl methyl sites for hydroxylation is 1. The maximum absolute atomic E-state index is 11.1. The summed E-state index contributed by atoms with van der Waals surface area (Å²) in [7, 11) is 0. The van der Waals surface area contributed by atoms with Crippen LogP contribution in [0.5, 0.6) is 0 Å². The van der Waals surface area contributed by atoms with Crippen LogP contribution in [0.3, 0.4) is 0 Å². The Hall–Kier alpha value is -1.48. The third-order valence-electron chi connectivity index (χ3n) is 2.83. The van der Waals surface area contributed by atoms with E-state index in [4.69, 9.17) is 5.11 Å². The minimum atomic E-state index is -1.09. The van der Waals surface area contributed by atoms with Crippen molar-refractivity contribution in [3.8, 4) is 0 Å². The Morgan fingerprint density at radius 2 is 2.14 bits per heavy atom. The number of nitrogens with zero attached hydrogens (tertiary/aromatic N) is 2. The van der Waals surface area contributed by atoms with Crippen molar-refractivity contribution in [2.75, 3.05) is 5.75 Å². The first-order chi connectivity index (χ1) is 9.97. The molecule has 1 aromatic carbocycles. The number of hydrogen-bond donors (Lipinski definition) is 1. The number of rotatable bonds is 5. The quantitative estimate of drug-likeness (QED) is 0.327. The Morgan fingerprint density at radius 1 is 1.45 bits per heavy atom. The number of carboxylic acids is 1. The summed E-state index contributed by atoms with van der Waals surface area (Å²) in [4.78, 5) is 20.1. The maximum atomic E-state index is 11.1. The molecule has 1 N–H and O–H groups in total. The van der Waals surface area contributed by atoms with Crippen LogP contribution in [0, 0.1) is 6.92 Å². The van der Waals surface area contributed by atoms with Crippen molar-refractivity contribution in [3.63, 3.8) is 0 Å². The number of thioether (sulfide) groups is 1. The van der Waals surface area contributed by atoms with E-state index in [1.165, 1.54) is 18.7 Å². The van der Waals surface area contributed by atoms with Gasteiger partial charge in [-0.3, -0.25) is 9.98 Å². The zero-order valence-electron chi connectivity index (χ0n) is 12.7. The number of aromatic nitrogens is 1. The smallest absolute Gasteiger partial charge is 0.862 e. The van der Waals surface area contributed by atoms with Crippen LogP contribution in [0.4, 0.5) is 0 Å². The molecule has 2 aromatic rings. The van der Waals surface area contributed by atoms with Crippen LogP contribution in [-0.2, 0) is 4.79 Å². The predicted octanol–water partition coefficient (Wildman–Crippen LogP) is -1.13. The summed E-state index contributed by atoms with van der Waals surface area (Å²) < 4.78 is 0. The fourth-order valence-electron chi connectivity index (χ4n) is 1.94. The molecule has 0 spiro atoms. The number of fused-ring (bicyclic) bond motifs is 1.